The van der Waals surface area contributed by atoms with E-state index in [9.17, 15) is 14.0 Å². The van der Waals surface area contributed by atoms with Crippen LogP contribution in [-0.2, 0) is 14.9 Å². The first-order valence-electron chi connectivity index (χ1n) is 11.9. The topological polar surface area (TPSA) is 64.6 Å². The summed E-state index contributed by atoms with van der Waals surface area (Å²) in [5.74, 6) is -0.784. The first kappa shape index (κ1) is 26.1. The molecule has 37 heavy (non-hydrogen) atoms. The molecule has 0 aliphatic rings. The van der Waals surface area contributed by atoms with Gasteiger partial charge in [-0.3, -0.25) is 4.79 Å². The average Bonchev–Trinajstić information content (AvgIpc) is 3.32. The van der Waals surface area contributed by atoms with Crippen molar-refractivity contribution in [3.8, 4) is 16.9 Å². The predicted molar refractivity (Wildman–Crippen MR) is 145 cm³/mol. The summed E-state index contributed by atoms with van der Waals surface area (Å²) >= 11 is 1.20. The van der Waals surface area contributed by atoms with Gasteiger partial charge in [0.25, 0.3) is 5.91 Å². The van der Waals surface area contributed by atoms with Crippen molar-refractivity contribution in [3.05, 3.63) is 107 Å². The van der Waals surface area contributed by atoms with Crippen LogP contribution in [0.4, 0.5) is 9.39 Å². The maximum atomic E-state index is 13.4. The van der Waals surface area contributed by atoms with Crippen LogP contribution in [0.5, 0.6) is 5.75 Å². The van der Waals surface area contributed by atoms with Gasteiger partial charge < -0.3 is 14.8 Å². The largest absolute Gasteiger partial charge is 0.484 e. The van der Waals surface area contributed by atoms with Crippen molar-refractivity contribution in [3.63, 3.8) is 0 Å². The fraction of sp³-hybridized carbons (Fsp3) is 0.200. The van der Waals surface area contributed by atoms with Crippen LogP contribution in [0.15, 0.2) is 84.2 Å². The molecule has 0 atom stereocenters. The Morgan fingerprint density at radius 3 is 2.22 bits per heavy atom. The van der Waals surface area contributed by atoms with E-state index in [2.05, 4.69) is 31.3 Å². The van der Waals surface area contributed by atoms with E-state index in [4.69, 9.17) is 9.47 Å². The monoisotopic (exact) mass is 517 g/mol. The van der Waals surface area contributed by atoms with Crippen LogP contribution in [0.3, 0.4) is 0 Å². The molecule has 1 aromatic heterocycles. The van der Waals surface area contributed by atoms with E-state index in [1.54, 1.807) is 24.4 Å². The maximum Gasteiger partial charge on any atom is 0.341 e. The number of esters is 1. The second-order valence-electron chi connectivity index (χ2n) is 8.93. The molecule has 0 radical (unpaired) electrons. The van der Waals surface area contributed by atoms with Crippen molar-refractivity contribution in [1.29, 1.82) is 0 Å². The molecule has 0 aliphatic carbocycles. The van der Waals surface area contributed by atoms with Gasteiger partial charge in [-0.15, -0.1) is 11.3 Å². The van der Waals surface area contributed by atoms with Crippen molar-refractivity contribution < 1.29 is 23.5 Å². The lowest BCUT2D eigenvalue weighted by atomic mass is 9.78. The molecule has 190 valence electrons. The Labute approximate surface area is 219 Å². The van der Waals surface area contributed by atoms with Crippen LogP contribution in [0.25, 0.3) is 11.1 Å². The van der Waals surface area contributed by atoms with Crippen LogP contribution in [0, 0.1) is 5.82 Å². The van der Waals surface area contributed by atoms with E-state index >= 15 is 0 Å². The molecule has 0 bridgehead atoms. The van der Waals surface area contributed by atoms with Crippen LogP contribution < -0.4 is 10.1 Å². The molecular weight excluding hydrogens is 489 g/mol. The Balaban J connectivity index is 1.44. The zero-order valence-corrected chi connectivity index (χ0v) is 21.7. The molecule has 0 aliphatic heterocycles. The van der Waals surface area contributed by atoms with Crippen molar-refractivity contribution >= 4 is 28.2 Å². The molecule has 3 aromatic carbocycles. The highest BCUT2D eigenvalue weighted by molar-refractivity contribution is 7.15. The number of rotatable bonds is 9. The number of hydrogen-bond acceptors (Lipinski definition) is 5. The Bertz CT molecular complexity index is 1360. The van der Waals surface area contributed by atoms with Crippen molar-refractivity contribution in [2.24, 2.45) is 0 Å². The third-order valence-electron chi connectivity index (χ3n) is 6.12. The zero-order chi connectivity index (χ0) is 26.4. The van der Waals surface area contributed by atoms with Crippen LogP contribution in [-0.4, -0.2) is 25.1 Å². The summed E-state index contributed by atoms with van der Waals surface area (Å²) < 4.78 is 24.3. The molecule has 0 saturated carbocycles. The van der Waals surface area contributed by atoms with Gasteiger partial charge in [0.1, 0.15) is 22.1 Å². The number of hydrogen-bond donors (Lipinski definition) is 1. The summed E-state index contributed by atoms with van der Waals surface area (Å²) in [6.07, 6.45) is 0. The van der Waals surface area contributed by atoms with E-state index in [0.29, 0.717) is 21.9 Å². The second-order valence-corrected chi connectivity index (χ2v) is 9.81. The summed E-state index contributed by atoms with van der Waals surface area (Å²) in [4.78, 5) is 25.4. The van der Waals surface area contributed by atoms with Crippen LogP contribution in [0.1, 0.15) is 42.3 Å². The third kappa shape index (κ3) is 6.06. The quantitative estimate of drug-likeness (QED) is 0.241. The second kappa shape index (κ2) is 11.4. The maximum absolute atomic E-state index is 13.4. The number of anilines is 1. The number of carbonyl (C=O) groups is 2. The summed E-state index contributed by atoms with van der Waals surface area (Å²) in [6, 6.07) is 23.7. The van der Waals surface area contributed by atoms with Gasteiger partial charge in [-0.1, -0.05) is 68.4 Å². The lowest BCUT2D eigenvalue weighted by Gasteiger charge is -2.26. The van der Waals surface area contributed by atoms with E-state index in [1.807, 2.05) is 42.5 Å². The molecule has 0 unspecified atom stereocenters. The van der Waals surface area contributed by atoms with Gasteiger partial charge in [-0.2, -0.15) is 0 Å². The van der Waals surface area contributed by atoms with Gasteiger partial charge in [0.2, 0.25) is 0 Å². The fourth-order valence-corrected chi connectivity index (χ4v) is 4.97. The SMILES string of the molecule is CCOC(=O)c1c(-c2ccc(F)cc2)csc1NC(=O)COc1ccc(C(C)(C)c2ccccc2)cc1. The molecule has 7 heteroatoms. The van der Waals surface area contributed by atoms with E-state index in [0.717, 1.165) is 5.56 Å². The molecule has 4 rings (SSSR count). The molecule has 1 heterocycles. The lowest BCUT2D eigenvalue weighted by Crippen LogP contribution is -2.21. The summed E-state index contributed by atoms with van der Waals surface area (Å²) in [5.41, 5.74) is 3.60. The molecule has 0 saturated heterocycles. The van der Waals surface area contributed by atoms with Crippen molar-refractivity contribution in [2.75, 3.05) is 18.5 Å². The number of ether oxygens (including phenoxy) is 2. The smallest absolute Gasteiger partial charge is 0.341 e. The predicted octanol–water partition coefficient (Wildman–Crippen LogP) is 7.07. The highest BCUT2D eigenvalue weighted by atomic mass is 32.1. The minimum Gasteiger partial charge on any atom is -0.484 e. The van der Waals surface area contributed by atoms with E-state index in [-0.39, 0.29) is 30.0 Å². The number of carbonyl (C=O) groups excluding carboxylic acids is 2. The summed E-state index contributed by atoms with van der Waals surface area (Å²) in [7, 11) is 0. The Hall–Kier alpha value is -3.97. The minimum absolute atomic E-state index is 0.179. The Morgan fingerprint density at radius 2 is 1.57 bits per heavy atom. The van der Waals surface area contributed by atoms with Gasteiger partial charge in [-0.25, -0.2) is 9.18 Å². The van der Waals surface area contributed by atoms with E-state index < -0.39 is 11.9 Å². The number of nitrogens with one attached hydrogen (secondary N) is 1. The lowest BCUT2D eigenvalue weighted by molar-refractivity contribution is -0.118. The fourth-order valence-electron chi connectivity index (χ4n) is 4.00. The summed E-state index contributed by atoms with van der Waals surface area (Å²) in [5, 5.41) is 4.85. The van der Waals surface area contributed by atoms with Crippen molar-refractivity contribution in [1.82, 2.24) is 0 Å². The average molecular weight is 518 g/mol. The van der Waals surface area contributed by atoms with Crippen molar-refractivity contribution in [2.45, 2.75) is 26.2 Å². The number of thiophene rings is 1. The number of benzene rings is 3. The molecular formula is C30H28FNO4S. The molecule has 1 amide bonds. The highest BCUT2D eigenvalue weighted by Crippen LogP contribution is 2.36. The normalized spacial score (nSPS) is 11.1. The Morgan fingerprint density at radius 1 is 0.919 bits per heavy atom. The first-order valence-corrected chi connectivity index (χ1v) is 12.8. The van der Waals surface area contributed by atoms with Gasteiger partial charge in [-0.05, 0) is 47.9 Å². The molecule has 0 spiro atoms. The Kier molecular flexibility index (Phi) is 8.04. The summed E-state index contributed by atoms with van der Waals surface area (Å²) in [6.45, 7) is 5.99. The van der Waals surface area contributed by atoms with Crippen LogP contribution >= 0.6 is 11.3 Å². The molecule has 0 fully saturated rings. The minimum atomic E-state index is -0.559. The molecule has 4 aromatic rings. The zero-order valence-electron chi connectivity index (χ0n) is 20.9. The highest BCUT2D eigenvalue weighted by Gasteiger charge is 2.24. The first-order chi connectivity index (χ1) is 17.8. The van der Waals surface area contributed by atoms with Gasteiger partial charge >= 0.3 is 5.97 Å². The van der Waals surface area contributed by atoms with Gasteiger partial charge in [0, 0.05) is 16.4 Å². The number of halogens is 1. The molecule has 1 N–H and O–H groups in total. The van der Waals surface area contributed by atoms with E-state index in [1.165, 1.54) is 29.0 Å². The van der Waals surface area contributed by atoms with Gasteiger partial charge in [0.05, 0.1) is 6.61 Å². The standard InChI is InChI=1S/C30H28FNO4S/c1-4-35-29(34)27-25(20-10-14-23(31)15-11-20)19-37-28(27)32-26(33)18-36-24-16-12-22(13-17-24)30(2,3)21-8-6-5-7-9-21/h5-17,19H,4,18H2,1-3H3,(H,32,33). The third-order valence-corrected chi connectivity index (χ3v) is 7.02. The molecule has 5 nitrogen and oxygen atoms in total. The number of amides is 1. The van der Waals surface area contributed by atoms with Gasteiger partial charge in [0.15, 0.2) is 6.61 Å². The van der Waals surface area contributed by atoms with Crippen LogP contribution in [0.2, 0.25) is 0 Å².